The monoisotopic (exact) mass is 682 g/mol. The van der Waals surface area contributed by atoms with E-state index in [0.29, 0.717) is 33.4 Å². The number of nitrogen functional groups attached to an aromatic ring is 1. The van der Waals surface area contributed by atoms with E-state index in [4.69, 9.17) is 5.73 Å². The second kappa shape index (κ2) is 11.4. The van der Waals surface area contributed by atoms with Gasteiger partial charge >= 0.3 is 0 Å². The fourth-order valence-electron chi connectivity index (χ4n) is 5.02. The van der Waals surface area contributed by atoms with Crippen molar-refractivity contribution in [1.82, 2.24) is 34.3 Å². The number of para-hydroxylation sites is 1. The number of carbonyl (C=O) groups excluding carboxylic acids is 1. The van der Waals surface area contributed by atoms with Gasteiger partial charge in [-0.25, -0.2) is 9.50 Å². The normalized spacial score (nSPS) is 12.6. The lowest BCUT2D eigenvalue weighted by Gasteiger charge is -2.21. The van der Waals surface area contributed by atoms with E-state index >= 15 is 0 Å². The predicted octanol–water partition coefficient (Wildman–Crippen LogP) is 4.74. The number of amides is 1. The van der Waals surface area contributed by atoms with Crippen LogP contribution in [0.4, 0.5) is 5.82 Å². The third kappa shape index (κ3) is 5.37. The maximum absolute atomic E-state index is 14.3. The van der Waals surface area contributed by atoms with Crippen molar-refractivity contribution in [3.05, 3.63) is 118 Å². The van der Waals surface area contributed by atoms with E-state index < -0.39 is 11.9 Å². The highest BCUT2D eigenvalue weighted by Crippen LogP contribution is 2.26. The Hall–Kier alpha value is -4.96. The lowest BCUT2D eigenvalue weighted by atomic mass is 10.0. The predicted molar refractivity (Wildman–Crippen MR) is 174 cm³/mol. The van der Waals surface area contributed by atoms with Gasteiger partial charge in [0, 0.05) is 36.4 Å². The van der Waals surface area contributed by atoms with Gasteiger partial charge in [-0.15, -0.1) is 5.10 Å². The number of anilines is 1. The third-order valence-corrected chi connectivity index (χ3v) is 7.73. The molecule has 4 aromatic heterocycles. The maximum atomic E-state index is 14.3. The molecule has 2 aromatic carbocycles. The number of pyridine rings is 1. The summed E-state index contributed by atoms with van der Waals surface area (Å²) in [4.78, 5) is 32.6. The number of alkyl halides is 1. The zero-order chi connectivity index (χ0) is 30.2. The molecule has 0 radical (unpaired) electrons. The summed E-state index contributed by atoms with van der Waals surface area (Å²) in [6.07, 6.45) is 5.24. The minimum absolute atomic E-state index is 0.0752. The second-order valence-electron chi connectivity index (χ2n) is 10.2. The van der Waals surface area contributed by atoms with Crippen LogP contribution in [0.5, 0.6) is 0 Å². The Bertz CT molecular complexity index is 2130. The van der Waals surface area contributed by atoms with Gasteiger partial charge in [-0.3, -0.25) is 18.8 Å². The number of hydrogen-bond acceptors (Lipinski definition) is 6. The number of halogens is 1. The van der Waals surface area contributed by atoms with Crippen molar-refractivity contribution < 1.29 is 4.79 Å². The zero-order valence-electron chi connectivity index (χ0n) is 23.6. The van der Waals surface area contributed by atoms with Crippen molar-refractivity contribution in [2.24, 2.45) is 7.05 Å². The zero-order valence-corrected chi connectivity index (χ0v) is 25.8. The Morgan fingerprint density at radius 3 is 2.58 bits per heavy atom. The van der Waals surface area contributed by atoms with Crippen LogP contribution in [0.25, 0.3) is 22.1 Å². The summed E-state index contributed by atoms with van der Waals surface area (Å²) in [5.41, 5.74) is 9.94. The summed E-state index contributed by atoms with van der Waals surface area (Å²) in [6, 6.07) is 18.1. The van der Waals surface area contributed by atoms with E-state index in [1.165, 1.54) is 4.52 Å². The molecule has 0 aliphatic heterocycles. The van der Waals surface area contributed by atoms with Gasteiger partial charge in [-0.1, -0.05) is 64.8 Å². The molecule has 214 valence electrons. The molecular formula is C32H27IN8O2. The Morgan fingerprint density at radius 1 is 1.07 bits per heavy atom. The van der Waals surface area contributed by atoms with Crippen molar-refractivity contribution in [1.29, 1.82) is 0 Å². The molecule has 0 aliphatic carbocycles. The number of aryl methyl sites for hydroxylation is 1. The summed E-state index contributed by atoms with van der Waals surface area (Å²) in [6.45, 7) is 3.84. The number of nitrogens with one attached hydrogen (secondary N) is 1. The smallest absolute Gasteiger partial charge is 0.264 e. The number of hydrogen-bond donors (Lipinski definition) is 2. The Balaban J connectivity index is 1.46. The van der Waals surface area contributed by atoms with Crippen molar-refractivity contribution in [3.8, 4) is 17.5 Å². The number of nitrogens with two attached hydrogens (primary N) is 1. The van der Waals surface area contributed by atoms with Gasteiger partial charge in [0.25, 0.3) is 11.5 Å². The molecule has 6 aromatic rings. The summed E-state index contributed by atoms with van der Waals surface area (Å²) < 4.78 is 4.93. The number of aromatic nitrogens is 6. The first-order valence-corrected chi connectivity index (χ1v) is 14.8. The fourth-order valence-corrected chi connectivity index (χ4v) is 5.36. The first-order chi connectivity index (χ1) is 20.7. The van der Waals surface area contributed by atoms with Gasteiger partial charge in [-0.2, -0.15) is 5.10 Å². The molecule has 10 nitrogen and oxygen atoms in total. The van der Waals surface area contributed by atoms with Crippen LogP contribution >= 0.6 is 22.6 Å². The number of rotatable bonds is 5. The highest BCUT2D eigenvalue weighted by Gasteiger charge is 2.24. The van der Waals surface area contributed by atoms with Crippen LogP contribution < -0.4 is 16.6 Å². The molecule has 4 heterocycles. The Labute approximate surface area is 260 Å². The summed E-state index contributed by atoms with van der Waals surface area (Å²) in [5, 5.41) is 12.7. The Morgan fingerprint density at radius 2 is 1.86 bits per heavy atom. The molecule has 0 bridgehead atoms. The van der Waals surface area contributed by atoms with Gasteiger partial charge < -0.3 is 11.1 Å². The van der Waals surface area contributed by atoms with E-state index in [9.17, 15) is 9.59 Å². The van der Waals surface area contributed by atoms with Crippen molar-refractivity contribution in [3.63, 3.8) is 0 Å². The van der Waals surface area contributed by atoms with E-state index in [1.54, 1.807) is 21.6 Å². The van der Waals surface area contributed by atoms with Crippen LogP contribution in [0.1, 0.15) is 56.7 Å². The quantitative estimate of drug-likeness (QED) is 0.154. The molecule has 0 fully saturated rings. The minimum Gasteiger partial charge on any atom is -0.381 e. The molecule has 6 rings (SSSR count). The van der Waals surface area contributed by atoms with Crippen molar-refractivity contribution in [2.75, 3.05) is 5.73 Å². The lowest BCUT2D eigenvalue weighted by molar-refractivity contribution is 0.0941. The van der Waals surface area contributed by atoms with E-state index in [1.807, 2.05) is 87.8 Å². The van der Waals surface area contributed by atoms with Crippen LogP contribution in [0.2, 0.25) is 0 Å². The summed E-state index contributed by atoms with van der Waals surface area (Å²) >= 11 is 2.27. The molecule has 0 saturated heterocycles. The number of nitrogens with zero attached hydrogens (tertiary/aromatic N) is 6. The number of carbonyl (C=O) groups is 1. The molecule has 0 aliphatic rings. The van der Waals surface area contributed by atoms with Crippen LogP contribution in [0, 0.1) is 11.8 Å². The average Bonchev–Trinajstić information content (AvgIpc) is 3.56. The molecule has 0 saturated carbocycles. The van der Waals surface area contributed by atoms with Crippen LogP contribution in [-0.4, -0.2) is 34.9 Å². The van der Waals surface area contributed by atoms with E-state index in [2.05, 4.69) is 54.9 Å². The lowest BCUT2D eigenvalue weighted by Crippen LogP contribution is -2.32. The van der Waals surface area contributed by atoms with Gasteiger partial charge in [0.05, 0.1) is 32.8 Å². The topological polar surface area (TPSA) is 125 Å². The Kier molecular flexibility index (Phi) is 7.45. The van der Waals surface area contributed by atoms with Gasteiger partial charge in [0.15, 0.2) is 11.5 Å². The molecule has 2 atom stereocenters. The third-order valence-electron chi connectivity index (χ3n) is 7.10. The SMILES string of the molecule is CC(I)c1ccn2nc(N)c(C(=O)NC(C)c3cc4cccc(C#Cc5cnn(C)c5)c4c(=O)n3-c3ccccc3)c2n1. The molecule has 43 heavy (non-hydrogen) atoms. The van der Waals surface area contributed by atoms with Crippen molar-refractivity contribution >= 4 is 50.7 Å². The summed E-state index contributed by atoms with van der Waals surface area (Å²) in [5.74, 6) is 5.90. The van der Waals surface area contributed by atoms with Gasteiger partial charge in [-0.05, 0) is 49.6 Å². The molecule has 11 heteroatoms. The van der Waals surface area contributed by atoms with Crippen LogP contribution in [-0.2, 0) is 7.05 Å². The fraction of sp³-hybridized carbons (Fsp3) is 0.156. The molecule has 0 spiro atoms. The van der Waals surface area contributed by atoms with Crippen LogP contribution in [0.15, 0.2) is 84.0 Å². The van der Waals surface area contributed by atoms with Crippen LogP contribution in [0.3, 0.4) is 0 Å². The molecule has 2 unspecified atom stereocenters. The largest absolute Gasteiger partial charge is 0.381 e. The molecule has 3 N–H and O–H groups in total. The highest BCUT2D eigenvalue weighted by atomic mass is 127. The highest BCUT2D eigenvalue weighted by molar-refractivity contribution is 14.1. The van der Waals surface area contributed by atoms with Gasteiger partial charge in [0.2, 0.25) is 0 Å². The standard InChI is InChI=1S/C32H27IN8O2/c1-19(33)25-14-15-40-30(37-25)28(29(34)38-40)31(42)36-20(2)26-16-23-9-7-8-22(13-12-21-17-35-39(3)18-21)27(23)32(43)41(26)24-10-5-4-6-11-24/h4-11,14-20H,1-3H3,(H2,34,38)(H,36,42). The second-order valence-corrected chi connectivity index (χ2v) is 12.0. The maximum Gasteiger partial charge on any atom is 0.264 e. The first kappa shape index (κ1) is 28.2. The van der Waals surface area contributed by atoms with Gasteiger partial charge in [0.1, 0.15) is 5.56 Å². The average molecular weight is 683 g/mol. The minimum atomic E-state index is -0.587. The number of fused-ring (bicyclic) bond motifs is 2. The summed E-state index contributed by atoms with van der Waals surface area (Å²) in [7, 11) is 1.83. The van der Waals surface area contributed by atoms with Crippen molar-refractivity contribution in [2.45, 2.75) is 23.8 Å². The van der Waals surface area contributed by atoms with E-state index in [-0.39, 0.29) is 20.9 Å². The first-order valence-electron chi connectivity index (χ1n) is 13.6. The molecular weight excluding hydrogens is 655 g/mol. The molecule has 1 amide bonds. The van der Waals surface area contributed by atoms with E-state index in [0.717, 1.165) is 11.3 Å². The number of benzene rings is 2.